The van der Waals surface area contributed by atoms with Crippen LogP contribution in [0.4, 0.5) is 5.69 Å². The van der Waals surface area contributed by atoms with Crippen LogP contribution in [0.1, 0.15) is 18.3 Å². The van der Waals surface area contributed by atoms with Crippen molar-refractivity contribution < 1.29 is 5.11 Å². The molecule has 4 nitrogen and oxygen atoms in total. The summed E-state index contributed by atoms with van der Waals surface area (Å²) in [5.74, 6) is 1.80. The molecule has 0 aliphatic rings. The van der Waals surface area contributed by atoms with Crippen molar-refractivity contribution in [1.29, 1.82) is 0 Å². The standard InChI is InChI=1S/C11H13N3OS2/c1-2-10-13-11(17-14-10)16-6-7-3-4-9(15)8(12)5-7/h3-5,15H,2,6,12H2,1H3. The molecule has 3 N–H and O–H groups in total. The highest BCUT2D eigenvalue weighted by Gasteiger charge is 2.04. The lowest BCUT2D eigenvalue weighted by Crippen LogP contribution is -1.88. The number of rotatable bonds is 4. The molecular formula is C11H13N3OS2. The molecule has 0 fully saturated rings. The number of thioether (sulfide) groups is 1. The topological polar surface area (TPSA) is 72.0 Å². The summed E-state index contributed by atoms with van der Waals surface area (Å²) in [5, 5.41) is 9.31. The van der Waals surface area contributed by atoms with Crippen molar-refractivity contribution in [1.82, 2.24) is 9.36 Å². The molecule has 0 saturated carbocycles. The Morgan fingerprint density at radius 2 is 2.29 bits per heavy atom. The Hall–Kier alpha value is -1.27. The lowest BCUT2D eigenvalue weighted by Gasteiger charge is -2.02. The van der Waals surface area contributed by atoms with Crippen molar-refractivity contribution in [3.05, 3.63) is 29.6 Å². The third kappa shape index (κ3) is 3.10. The molecule has 0 spiro atoms. The number of benzene rings is 1. The summed E-state index contributed by atoms with van der Waals surface area (Å²) in [7, 11) is 0. The molecule has 0 saturated heterocycles. The summed E-state index contributed by atoms with van der Waals surface area (Å²) < 4.78 is 5.19. The summed E-state index contributed by atoms with van der Waals surface area (Å²) in [4.78, 5) is 4.37. The molecule has 6 heteroatoms. The number of phenolic OH excluding ortho intramolecular Hbond substituents is 1. The van der Waals surface area contributed by atoms with E-state index >= 15 is 0 Å². The van der Waals surface area contributed by atoms with E-state index < -0.39 is 0 Å². The quantitative estimate of drug-likeness (QED) is 0.506. The highest BCUT2D eigenvalue weighted by molar-refractivity contribution is 8.00. The minimum Gasteiger partial charge on any atom is -0.506 e. The Labute approximate surface area is 108 Å². The van der Waals surface area contributed by atoms with E-state index in [2.05, 4.69) is 9.36 Å². The first-order valence-corrected chi connectivity index (χ1v) is 6.97. The number of phenols is 1. The smallest absolute Gasteiger partial charge is 0.170 e. The molecule has 0 amide bonds. The highest BCUT2D eigenvalue weighted by atomic mass is 32.2. The zero-order chi connectivity index (χ0) is 12.3. The maximum atomic E-state index is 9.31. The lowest BCUT2D eigenvalue weighted by molar-refractivity contribution is 0.478. The van der Waals surface area contributed by atoms with Gasteiger partial charge in [0.25, 0.3) is 0 Å². The fourth-order valence-electron chi connectivity index (χ4n) is 1.28. The number of hydrogen-bond donors (Lipinski definition) is 2. The molecule has 17 heavy (non-hydrogen) atoms. The molecule has 2 rings (SSSR count). The monoisotopic (exact) mass is 267 g/mol. The second kappa shape index (κ2) is 5.37. The molecule has 0 atom stereocenters. The van der Waals surface area contributed by atoms with Crippen LogP contribution in [0, 0.1) is 0 Å². The van der Waals surface area contributed by atoms with E-state index in [9.17, 15) is 5.11 Å². The molecule has 1 aromatic carbocycles. The number of nitrogens with zero attached hydrogens (tertiary/aromatic N) is 2. The van der Waals surface area contributed by atoms with Crippen LogP contribution in [-0.4, -0.2) is 14.5 Å². The molecule has 0 unspecified atom stereocenters. The van der Waals surface area contributed by atoms with Gasteiger partial charge in [-0.2, -0.15) is 4.37 Å². The zero-order valence-electron chi connectivity index (χ0n) is 9.38. The van der Waals surface area contributed by atoms with Gasteiger partial charge in [-0.3, -0.25) is 0 Å². The fourth-order valence-corrected chi connectivity index (χ4v) is 2.92. The van der Waals surface area contributed by atoms with E-state index in [1.807, 2.05) is 13.0 Å². The molecular weight excluding hydrogens is 254 g/mol. The van der Waals surface area contributed by atoms with Gasteiger partial charge in [0.05, 0.1) is 5.69 Å². The first-order chi connectivity index (χ1) is 8.19. The van der Waals surface area contributed by atoms with Gasteiger partial charge in [-0.25, -0.2) is 4.98 Å². The van der Waals surface area contributed by atoms with E-state index in [1.54, 1.807) is 23.9 Å². The van der Waals surface area contributed by atoms with Crippen LogP contribution in [0.15, 0.2) is 22.5 Å². The van der Waals surface area contributed by atoms with Gasteiger partial charge in [0.2, 0.25) is 0 Å². The van der Waals surface area contributed by atoms with Gasteiger partial charge < -0.3 is 10.8 Å². The van der Waals surface area contributed by atoms with Crippen LogP contribution in [0.2, 0.25) is 0 Å². The average molecular weight is 267 g/mol. The number of aryl methyl sites for hydroxylation is 1. The number of nitrogens with two attached hydrogens (primary N) is 1. The Balaban J connectivity index is 1.99. The minimum absolute atomic E-state index is 0.128. The Morgan fingerprint density at radius 1 is 1.47 bits per heavy atom. The van der Waals surface area contributed by atoms with Crippen molar-refractivity contribution in [2.45, 2.75) is 23.4 Å². The largest absolute Gasteiger partial charge is 0.506 e. The third-order valence-electron chi connectivity index (χ3n) is 2.22. The second-order valence-corrected chi connectivity index (χ2v) is 5.49. The van der Waals surface area contributed by atoms with Crippen molar-refractivity contribution in [2.75, 3.05) is 5.73 Å². The van der Waals surface area contributed by atoms with Crippen molar-refractivity contribution in [2.24, 2.45) is 0 Å². The molecule has 1 aromatic heterocycles. The molecule has 0 aliphatic carbocycles. The molecule has 90 valence electrons. The summed E-state index contributed by atoms with van der Waals surface area (Å²) in [6.07, 6.45) is 0.864. The maximum absolute atomic E-state index is 9.31. The number of anilines is 1. The van der Waals surface area contributed by atoms with E-state index in [0.717, 1.165) is 27.9 Å². The van der Waals surface area contributed by atoms with Crippen LogP contribution < -0.4 is 5.73 Å². The van der Waals surface area contributed by atoms with E-state index in [1.165, 1.54) is 11.5 Å². The third-order valence-corrected chi connectivity index (χ3v) is 4.16. The van der Waals surface area contributed by atoms with E-state index in [0.29, 0.717) is 5.69 Å². The SMILES string of the molecule is CCc1nsc(SCc2ccc(O)c(N)c2)n1. The van der Waals surface area contributed by atoms with Crippen molar-refractivity contribution in [3.63, 3.8) is 0 Å². The van der Waals surface area contributed by atoms with Crippen LogP contribution in [0.3, 0.4) is 0 Å². The van der Waals surface area contributed by atoms with Gasteiger partial charge in [-0.15, -0.1) is 0 Å². The van der Waals surface area contributed by atoms with Crippen molar-refractivity contribution >= 4 is 29.0 Å². The lowest BCUT2D eigenvalue weighted by atomic mass is 10.2. The predicted molar refractivity (Wildman–Crippen MR) is 71.4 cm³/mol. The van der Waals surface area contributed by atoms with Gasteiger partial charge in [0.1, 0.15) is 11.6 Å². The van der Waals surface area contributed by atoms with Crippen molar-refractivity contribution in [3.8, 4) is 5.75 Å². The second-order valence-electron chi connectivity index (χ2n) is 3.51. The van der Waals surface area contributed by atoms with E-state index in [-0.39, 0.29) is 5.75 Å². The summed E-state index contributed by atoms with van der Waals surface area (Å²) in [5.41, 5.74) is 7.11. The average Bonchev–Trinajstić information content (AvgIpc) is 2.79. The first-order valence-electron chi connectivity index (χ1n) is 5.21. The van der Waals surface area contributed by atoms with Gasteiger partial charge in [0, 0.05) is 12.2 Å². The zero-order valence-corrected chi connectivity index (χ0v) is 11.0. The summed E-state index contributed by atoms with van der Waals surface area (Å²) in [6.45, 7) is 2.04. The molecule has 0 radical (unpaired) electrons. The van der Waals surface area contributed by atoms with Crippen LogP contribution >= 0.6 is 23.3 Å². The Bertz CT molecular complexity index is 513. The molecule has 0 aliphatic heterocycles. The van der Waals surface area contributed by atoms with Gasteiger partial charge in [0.15, 0.2) is 4.34 Å². The predicted octanol–water partition coefficient (Wildman–Crippen LogP) is 2.68. The van der Waals surface area contributed by atoms with Crippen LogP contribution in [0.25, 0.3) is 0 Å². The minimum atomic E-state index is 0.128. The van der Waals surface area contributed by atoms with Gasteiger partial charge in [-0.1, -0.05) is 24.8 Å². The summed E-state index contributed by atoms with van der Waals surface area (Å²) >= 11 is 3.05. The molecule has 0 bridgehead atoms. The normalized spacial score (nSPS) is 10.6. The van der Waals surface area contributed by atoms with E-state index in [4.69, 9.17) is 5.73 Å². The maximum Gasteiger partial charge on any atom is 0.170 e. The Morgan fingerprint density at radius 3 is 2.94 bits per heavy atom. The number of aromatic nitrogens is 2. The number of nitrogen functional groups attached to an aromatic ring is 1. The molecule has 1 heterocycles. The number of aromatic hydroxyl groups is 1. The van der Waals surface area contributed by atoms with Gasteiger partial charge >= 0.3 is 0 Å². The first kappa shape index (κ1) is 12.2. The number of hydrogen-bond acceptors (Lipinski definition) is 6. The summed E-state index contributed by atoms with van der Waals surface area (Å²) in [6, 6.07) is 5.26. The van der Waals surface area contributed by atoms with Crippen LogP contribution in [-0.2, 0) is 12.2 Å². The Kier molecular flexibility index (Phi) is 3.86. The van der Waals surface area contributed by atoms with Gasteiger partial charge in [-0.05, 0) is 29.2 Å². The molecule has 2 aromatic rings. The highest BCUT2D eigenvalue weighted by Crippen LogP contribution is 2.27. The van der Waals surface area contributed by atoms with Crippen LogP contribution in [0.5, 0.6) is 5.75 Å². The fraction of sp³-hybridized carbons (Fsp3) is 0.273.